The Kier molecular flexibility index (Phi) is 11.3. The van der Waals surface area contributed by atoms with Crippen LogP contribution in [0, 0.1) is 0 Å². The first-order valence-electron chi connectivity index (χ1n) is 11.2. The summed E-state index contributed by atoms with van der Waals surface area (Å²) in [5.41, 5.74) is -0.927. The Balaban J connectivity index is 2.62. The first-order valence-corrected chi connectivity index (χ1v) is 11.2. The average Bonchev–Trinajstić information content (AvgIpc) is 2.56. The highest BCUT2D eigenvalue weighted by Crippen LogP contribution is 2.09. The van der Waals surface area contributed by atoms with Crippen molar-refractivity contribution in [3.8, 4) is 0 Å². The first-order chi connectivity index (χ1) is 13.9. The van der Waals surface area contributed by atoms with Crippen LogP contribution in [0.1, 0.15) is 48.5 Å². The van der Waals surface area contributed by atoms with Gasteiger partial charge in [-0.25, -0.2) is 0 Å². The normalized spacial score (nSPS) is 19.6. The summed E-state index contributed by atoms with van der Waals surface area (Å²) in [7, 11) is 0. The van der Waals surface area contributed by atoms with Gasteiger partial charge in [0.25, 0.3) is 0 Å². The van der Waals surface area contributed by atoms with Crippen molar-refractivity contribution in [3.05, 3.63) is 0 Å². The maximum atomic E-state index is 12.2. The molecule has 0 aromatic heterocycles. The second-order valence-electron chi connectivity index (χ2n) is 9.91. The predicted molar refractivity (Wildman–Crippen MR) is 120 cm³/mol. The van der Waals surface area contributed by atoms with Crippen LogP contribution in [0.3, 0.4) is 0 Å². The van der Waals surface area contributed by atoms with Crippen molar-refractivity contribution in [3.63, 3.8) is 0 Å². The maximum absolute atomic E-state index is 12.2. The third kappa shape index (κ3) is 13.2. The van der Waals surface area contributed by atoms with E-state index >= 15 is 0 Å². The minimum atomic E-state index is -0.463. The molecule has 1 aliphatic rings. The highest BCUT2D eigenvalue weighted by Gasteiger charge is 2.21. The quantitative estimate of drug-likeness (QED) is 0.655. The van der Waals surface area contributed by atoms with Gasteiger partial charge in [0.2, 0.25) is 0 Å². The van der Waals surface area contributed by atoms with Crippen molar-refractivity contribution in [1.29, 1.82) is 0 Å². The number of carbonyl (C=O) groups is 2. The van der Waals surface area contributed by atoms with Gasteiger partial charge in [-0.3, -0.25) is 19.4 Å². The fourth-order valence-corrected chi connectivity index (χ4v) is 3.25. The molecule has 0 amide bonds. The van der Waals surface area contributed by atoms with Gasteiger partial charge in [0, 0.05) is 52.4 Å². The summed E-state index contributed by atoms with van der Waals surface area (Å²) in [5, 5.41) is 3.43. The number of carbonyl (C=O) groups excluding carboxylic acids is 2. The molecule has 8 heteroatoms. The third-order valence-electron chi connectivity index (χ3n) is 4.67. The van der Waals surface area contributed by atoms with Crippen molar-refractivity contribution in [2.45, 2.75) is 59.7 Å². The molecular formula is C22H44N4O4. The number of ether oxygens (including phenoxy) is 2. The van der Waals surface area contributed by atoms with E-state index in [1.807, 2.05) is 41.5 Å². The molecule has 0 aromatic rings. The Hall–Kier alpha value is -1.22. The summed E-state index contributed by atoms with van der Waals surface area (Å²) in [6, 6.07) is 0. The molecule has 1 saturated heterocycles. The standard InChI is InChI=1S/C22H44N4O4/c1-8-24-13-15-25(17-19(27)29-21(2,3)4)11-9-23-10-12-26(16-14-24)18-20(28)30-22(5,6)7/h23H,8-18H2,1-7H3. The summed E-state index contributed by atoms with van der Waals surface area (Å²) in [4.78, 5) is 31.2. The fourth-order valence-electron chi connectivity index (χ4n) is 3.25. The second-order valence-corrected chi connectivity index (χ2v) is 9.91. The Bertz CT molecular complexity index is 484. The molecule has 0 bridgehead atoms. The molecule has 1 rings (SSSR count). The third-order valence-corrected chi connectivity index (χ3v) is 4.67. The number of nitrogens with zero attached hydrogens (tertiary/aromatic N) is 3. The van der Waals surface area contributed by atoms with Gasteiger partial charge in [-0.1, -0.05) is 6.92 Å². The molecule has 0 atom stereocenters. The Morgan fingerprint density at radius 1 is 0.700 bits per heavy atom. The second kappa shape index (κ2) is 12.6. The minimum Gasteiger partial charge on any atom is -0.459 e. The van der Waals surface area contributed by atoms with Crippen molar-refractivity contribution >= 4 is 11.9 Å². The molecule has 0 radical (unpaired) electrons. The van der Waals surface area contributed by atoms with E-state index in [1.54, 1.807) is 0 Å². The highest BCUT2D eigenvalue weighted by atomic mass is 16.6. The first kappa shape index (κ1) is 26.8. The zero-order valence-corrected chi connectivity index (χ0v) is 20.3. The van der Waals surface area contributed by atoms with E-state index in [2.05, 4.69) is 26.9 Å². The predicted octanol–water partition coefficient (Wildman–Crippen LogP) is 1.20. The molecule has 30 heavy (non-hydrogen) atoms. The van der Waals surface area contributed by atoms with Gasteiger partial charge >= 0.3 is 11.9 Å². The average molecular weight is 429 g/mol. The number of hydrogen-bond donors (Lipinski definition) is 1. The van der Waals surface area contributed by atoms with Gasteiger partial charge in [0.15, 0.2) is 0 Å². The van der Waals surface area contributed by atoms with Crippen molar-refractivity contribution < 1.29 is 19.1 Å². The molecule has 0 saturated carbocycles. The topological polar surface area (TPSA) is 74.4 Å². The van der Waals surface area contributed by atoms with E-state index in [-0.39, 0.29) is 11.9 Å². The van der Waals surface area contributed by atoms with Crippen LogP contribution < -0.4 is 5.32 Å². The number of esters is 2. The molecule has 0 aromatic carbocycles. The monoisotopic (exact) mass is 428 g/mol. The lowest BCUT2D eigenvalue weighted by molar-refractivity contribution is -0.157. The lowest BCUT2D eigenvalue weighted by Gasteiger charge is -2.31. The lowest BCUT2D eigenvalue weighted by atomic mass is 10.2. The number of nitrogens with one attached hydrogen (secondary N) is 1. The number of hydrogen-bond acceptors (Lipinski definition) is 8. The summed E-state index contributed by atoms with van der Waals surface area (Å²) in [6.07, 6.45) is 0. The van der Waals surface area contributed by atoms with Crippen molar-refractivity contribution in [2.24, 2.45) is 0 Å². The van der Waals surface area contributed by atoms with Crippen LogP contribution in [-0.4, -0.2) is 110 Å². The van der Waals surface area contributed by atoms with Crippen LogP contribution in [0.2, 0.25) is 0 Å². The highest BCUT2D eigenvalue weighted by molar-refractivity contribution is 5.72. The van der Waals surface area contributed by atoms with E-state index in [4.69, 9.17) is 9.47 Å². The number of rotatable bonds is 5. The van der Waals surface area contributed by atoms with Gasteiger partial charge in [-0.05, 0) is 48.1 Å². The Morgan fingerprint density at radius 2 is 1.07 bits per heavy atom. The SMILES string of the molecule is CCN1CCN(CC(=O)OC(C)(C)C)CCNCCN(CC(=O)OC(C)(C)C)CC1. The van der Waals surface area contributed by atoms with E-state index in [1.165, 1.54) is 0 Å². The molecule has 0 unspecified atom stereocenters. The van der Waals surface area contributed by atoms with E-state index in [9.17, 15) is 9.59 Å². The van der Waals surface area contributed by atoms with Gasteiger partial charge in [-0.15, -0.1) is 0 Å². The van der Waals surface area contributed by atoms with Crippen LogP contribution >= 0.6 is 0 Å². The fraction of sp³-hybridized carbons (Fsp3) is 0.909. The molecule has 1 N–H and O–H groups in total. The van der Waals surface area contributed by atoms with Crippen LogP contribution in [0.5, 0.6) is 0 Å². The molecule has 0 spiro atoms. The summed E-state index contributed by atoms with van der Waals surface area (Å²) < 4.78 is 11.0. The molecular weight excluding hydrogens is 384 g/mol. The molecule has 1 aliphatic heterocycles. The molecule has 1 fully saturated rings. The van der Waals surface area contributed by atoms with Gasteiger partial charge < -0.3 is 19.7 Å². The largest absolute Gasteiger partial charge is 0.459 e. The van der Waals surface area contributed by atoms with Gasteiger partial charge in [0.1, 0.15) is 11.2 Å². The van der Waals surface area contributed by atoms with Crippen LogP contribution in [0.25, 0.3) is 0 Å². The summed E-state index contributed by atoms with van der Waals surface area (Å²) >= 11 is 0. The Labute approximate surface area is 183 Å². The lowest BCUT2D eigenvalue weighted by Crippen LogP contribution is -2.47. The minimum absolute atomic E-state index is 0.179. The summed E-state index contributed by atoms with van der Waals surface area (Å²) in [5.74, 6) is -0.359. The Morgan fingerprint density at radius 3 is 1.40 bits per heavy atom. The maximum Gasteiger partial charge on any atom is 0.320 e. The smallest absolute Gasteiger partial charge is 0.320 e. The van der Waals surface area contributed by atoms with E-state index in [0.29, 0.717) is 13.1 Å². The zero-order valence-electron chi connectivity index (χ0n) is 20.3. The molecule has 176 valence electrons. The van der Waals surface area contributed by atoms with Crippen LogP contribution in [0.15, 0.2) is 0 Å². The van der Waals surface area contributed by atoms with Crippen LogP contribution in [-0.2, 0) is 19.1 Å². The van der Waals surface area contributed by atoms with Crippen molar-refractivity contribution in [1.82, 2.24) is 20.0 Å². The molecule has 8 nitrogen and oxygen atoms in total. The molecule has 1 heterocycles. The summed E-state index contributed by atoms with van der Waals surface area (Å²) in [6.45, 7) is 21.5. The van der Waals surface area contributed by atoms with Gasteiger partial charge in [0.05, 0.1) is 13.1 Å². The molecule has 0 aliphatic carbocycles. The zero-order chi connectivity index (χ0) is 22.8. The van der Waals surface area contributed by atoms with Gasteiger partial charge in [-0.2, -0.15) is 0 Å². The number of likely N-dealkylation sites (N-methyl/N-ethyl adjacent to an activating group) is 1. The van der Waals surface area contributed by atoms with Crippen molar-refractivity contribution in [2.75, 3.05) is 72.0 Å². The van der Waals surface area contributed by atoms with E-state index < -0.39 is 11.2 Å². The van der Waals surface area contributed by atoms with E-state index in [0.717, 1.165) is 58.9 Å². The van der Waals surface area contributed by atoms with Crippen LogP contribution in [0.4, 0.5) is 0 Å².